The molecule has 0 fully saturated rings. The highest BCUT2D eigenvalue weighted by Crippen LogP contribution is 2.28. The van der Waals surface area contributed by atoms with E-state index in [0.29, 0.717) is 5.75 Å². The zero-order valence-electron chi connectivity index (χ0n) is 9.96. The van der Waals surface area contributed by atoms with Crippen molar-refractivity contribution in [2.24, 2.45) is 0 Å². The van der Waals surface area contributed by atoms with Crippen LogP contribution < -0.4 is 10.5 Å². The van der Waals surface area contributed by atoms with E-state index < -0.39 is 10.7 Å². The Balaban J connectivity index is 2.55. The topological polar surface area (TPSA) is 91.3 Å². The van der Waals surface area contributed by atoms with Gasteiger partial charge in [-0.3, -0.25) is 10.1 Å². The van der Waals surface area contributed by atoms with Gasteiger partial charge in [0, 0.05) is 17.7 Å². The van der Waals surface area contributed by atoms with Crippen molar-refractivity contribution in [3.05, 3.63) is 46.3 Å². The van der Waals surface area contributed by atoms with Crippen LogP contribution >= 0.6 is 0 Å². The first-order chi connectivity index (χ1) is 9.01. The molecule has 0 spiro atoms. The first-order valence-electron chi connectivity index (χ1n) is 5.27. The highest BCUT2D eigenvalue weighted by atomic mass is 19.1. The van der Waals surface area contributed by atoms with Gasteiger partial charge < -0.3 is 10.5 Å². The van der Waals surface area contributed by atoms with Crippen LogP contribution in [0.25, 0.3) is 11.3 Å². The number of ether oxygens (including phenoxy) is 1. The van der Waals surface area contributed by atoms with Gasteiger partial charge in [-0.05, 0) is 12.1 Å². The third kappa shape index (κ3) is 2.59. The van der Waals surface area contributed by atoms with Crippen molar-refractivity contribution in [1.29, 1.82) is 0 Å². The van der Waals surface area contributed by atoms with Crippen molar-refractivity contribution in [3.8, 4) is 17.0 Å². The molecular formula is C12H10FN3O3. The summed E-state index contributed by atoms with van der Waals surface area (Å²) < 4.78 is 18.7. The average Bonchev–Trinajstić information content (AvgIpc) is 2.37. The van der Waals surface area contributed by atoms with Crippen LogP contribution in [0.1, 0.15) is 0 Å². The summed E-state index contributed by atoms with van der Waals surface area (Å²) in [6.07, 6.45) is 0. The standard InChI is InChI=1S/C12H10FN3O3/c1-19-8-2-3-9(10(13)6-8)11-4-7(16(17)18)5-12(14)15-11/h2-6H,1H3,(H2,14,15). The van der Waals surface area contributed by atoms with E-state index in [2.05, 4.69) is 4.98 Å². The predicted octanol–water partition coefficient (Wildman–Crippen LogP) is 2.39. The van der Waals surface area contributed by atoms with Crippen LogP contribution in [0.5, 0.6) is 5.75 Å². The molecule has 0 saturated carbocycles. The van der Waals surface area contributed by atoms with Gasteiger partial charge in [0.1, 0.15) is 17.4 Å². The normalized spacial score (nSPS) is 10.2. The molecule has 0 radical (unpaired) electrons. The number of aromatic nitrogens is 1. The van der Waals surface area contributed by atoms with Gasteiger partial charge in [0.25, 0.3) is 5.69 Å². The molecule has 2 aromatic rings. The van der Waals surface area contributed by atoms with E-state index in [-0.39, 0.29) is 22.8 Å². The number of nitrogen functional groups attached to an aromatic ring is 1. The number of nitrogens with two attached hydrogens (primary N) is 1. The number of hydrogen-bond acceptors (Lipinski definition) is 5. The molecule has 0 aliphatic heterocycles. The summed E-state index contributed by atoms with van der Waals surface area (Å²) in [6.45, 7) is 0. The van der Waals surface area contributed by atoms with Crippen LogP contribution in [-0.4, -0.2) is 17.0 Å². The highest BCUT2D eigenvalue weighted by molar-refractivity contribution is 5.66. The Morgan fingerprint density at radius 2 is 2.11 bits per heavy atom. The van der Waals surface area contributed by atoms with Crippen LogP contribution in [0.3, 0.4) is 0 Å². The van der Waals surface area contributed by atoms with E-state index >= 15 is 0 Å². The van der Waals surface area contributed by atoms with E-state index in [4.69, 9.17) is 10.5 Å². The van der Waals surface area contributed by atoms with E-state index in [1.165, 1.54) is 31.4 Å². The molecule has 0 amide bonds. The second kappa shape index (κ2) is 4.89. The molecule has 1 aromatic carbocycles. The van der Waals surface area contributed by atoms with Gasteiger partial charge in [-0.1, -0.05) is 0 Å². The number of anilines is 1. The molecule has 19 heavy (non-hydrogen) atoms. The third-order valence-electron chi connectivity index (χ3n) is 2.49. The summed E-state index contributed by atoms with van der Waals surface area (Å²) in [5.74, 6) is -0.286. The molecule has 1 aromatic heterocycles. The first-order valence-corrected chi connectivity index (χ1v) is 5.27. The molecule has 98 valence electrons. The minimum atomic E-state index is -0.608. The maximum Gasteiger partial charge on any atom is 0.275 e. The van der Waals surface area contributed by atoms with E-state index in [0.717, 1.165) is 6.07 Å². The Morgan fingerprint density at radius 3 is 2.68 bits per heavy atom. The smallest absolute Gasteiger partial charge is 0.275 e. The molecule has 0 bridgehead atoms. The number of nitro groups is 1. The fourth-order valence-electron chi connectivity index (χ4n) is 1.61. The summed E-state index contributed by atoms with van der Waals surface area (Å²) in [5.41, 5.74) is 5.46. The van der Waals surface area contributed by atoms with Crippen molar-refractivity contribution in [2.75, 3.05) is 12.8 Å². The number of benzene rings is 1. The van der Waals surface area contributed by atoms with Gasteiger partial charge in [-0.15, -0.1) is 0 Å². The van der Waals surface area contributed by atoms with Crippen molar-refractivity contribution < 1.29 is 14.1 Å². The van der Waals surface area contributed by atoms with Crippen LogP contribution in [0.4, 0.5) is 15.9 Å². The highest BCUT2D eigenvalue weighted by Gasteiger charge is 2.14. The van der Waals surface area contributed by atoms with Gasteiger partial charge in [0.15, 0.2) is 0 Å². The number of hydrogen-bond donors (Lipinski definition) is 1. The van der Waals surface area contributed by atoms with Gasteiger partial charge in [0.05, 0.1) is 23.8 Å². The van der Waals surface area contributed by atoms with Crippen molar-refractivity contribution in [1.82, 2.24) is 4.98 Å². The lowest BCUT2D eigenvalue weighted by Crippen LogP contribution is -1.98. The molecule has 0 aliphatic rings. The second-order valence-electron chi connectivity index (χ2n) is 3.74. The van der Waals surface area contributed by atoms with Gasteiger partial charge >= 0.3 is 0 Å². The van der Waals surface area contributed by atoms with E-state index in [1.807, 2.05) is 0 Å². The van der Waals surface area contributed by atoms with Gasteiger partial charge in [-0.25, -0.2) is 9.37 Å². The lowest BCUT2D eigenvalue weighted by atomic mass is 10.1. The number of methoxy groups -OCH3 is 1. The monoisotopic (exact) mass is 263 g/mol. The zero-order chi connectivity index (χ0) is 14.0. The maximum absolute atomic E-state index is 13.9. The molecule has 1 heterocycles. The van der Waals surface area contributed by atoms with Crippen molar-refractivity contribution >= 4 is 11.5 Å². The summed E-state index contributed by atoms with van der Waals surface area (Å²) in [4.78, 5) is 14.0. The van der Waals surface area contributed by atoms with Crippen molar-refractivity contribution in [2.45, 2.75) is 0 Å². The van der Waals surface area contributed by atoms with Crippen molar-refractivity contribution in [3.63, 3.8) is 0 Å². The summed E-state index contributed by atoms with van der Waals surface area (Å²) in [6, 6.07) is 6.42. The first kappa shape index (κ1) is 12.7. The Labute approximate surface area is 107 Å². The molecule has 0 atom stereocenters. The van der Waals surface area contributed by atoms with Crippen LogP contribution in [0, 0.1) is 15.9 Å². The molecule has 6 nitrogen and oxygen atoms in total. The Kier molecular flexibility index (Phi) is 3.28. The largest absolute Gasteiger partial charge is 0.497 e. The number of halogens is 1. The lowest BCUT2D eigenvalue weighted by Gasteiger charge is -2.06. The summed E-state index contributed by atoms with van der Waals surface area (Å²) in [5, 5.41) is 10.7. The minimum absolute atomic E-state index is 0.0422. The Bertz CT molecular complexity index is 646. The lowest BCUT2D eigenvalue weighted by molar-refractivity contribution is -0.384. The summed E-state index contributed by atoms with van der Waals surface area (Å²) >= 11 is 0. The molecular weight excluding hydrogens is 253 g/mol. The minimum Gasteiger partial charge on any atom is -0.497 e. The Morgan fingerprint density at radius 1 is 1.37 bits per heavy atom. The molecule has 0 aliphatic carbocycles. The number of rotatable bonds is 3. The number of nitrogens with zero attached hydrogens (tertiary/aromatic N) is 2. The molecule has 0 saturated heterocycles. The maximum atomic E-state index is 13.9. The Hall–Kier alpha value is -2.70. The van der Waals surface area contributed by atoms with Gasteiger partial charge in [-0.2, -0.15) is 0 Å². The molecule has 0 unspecified atom stereocenters. The number of pyridine rings is 1. The van der Waals surface area contributed by atoms with E-state index in [9.17, 15) is 14.5 Å². The van der Waals surface area contributed by atoms with Crippen LogP contribution in [0.15, 0.2) is 30.3 Å². The van der Waals surface area contributed by atoms with E-state index in [1.54, 1.807) is 0 Å². The fraction of sp³-hybridized carbons (Fsp3) is 0.0833. The van der Waals surface area contributed by atoms with Gasteiger partial charge in [0.2, 0.25) is 0 Å². The van der Waals surface area contributed by atoms with Crippen LogP contribution in [-0.2, 0) is 0 Å². The predicted molar refractivity (Wildman–Crippen MR) is 67.2 cm³/mol. The average molecular weight is 263 g/mol. The zero-order valence-corrected chi connectivity index (χ0v) is 9.96. The quantitative estimate of drug-likeness (QED) is 0.678. The summed E-state index contributed by atoms with van der Waals surface area (Å²) in [7, 11) is 1.41. The SMILES string of the molecule is COc1ccc(-c2cc([N+](=O)[O-])cc(N)n2)c(F)c1. The second-order valence-corrected chi connectivity index (χ2v) is 3.74. The molecule has 7 heteroatoms. The molecule has 2 N–H and O–H groups in total. The molecule has 2 rings (SSSR count). The van der Waals surface area contributed by atoms with Crippen LogP contribution in [0.2, 0.25) is 0 Å². The third-order valence-corrected chi connectivity index (χ3v) is 2.49. The fourth-order valence-corrected chi connectivity index (χ4v) is 1.61.